The van der Waals surface area contributed by atoms with Gasteiger partial charge in [0.15, 0.2) is 22.5 Å². The first-order chi connectivity index (χ1) is 9.01. The molecule has 19 heavy (non-hydrogen) atoms. The van der Waals surface area contributed by atoms with E-state index in [-0.39, 0.29) is 16.7 Å². The Morgan fingerprint density at radius 2 is 2.11 bits per heavy atom. The fourth-order valence-corrected chi connectivity index (χ4v) is 1.73. The summed E-state index contributed by atoms with van der Waals surface area (Å²) in [6.45, 7) is 1.31. The van der Waals surface area contributed by atoms with Gasteiger partial charge in [-0.25, -0.2) is 14.8 Å². The van der Waals surface area contributed by atoms with Crippen molar-refractivity contribution in [2.75, 3.05) is 45.1 Å². The second-order valence-corrected chi connectivity index (χ2v) is 4.19. The number of rotatable bonds is 6. The predicted molar refractivity (Wildman–Crippen MR) is 72.6 cm³/mol. The molecule has 1 rings (SSSR count). The van der Waals surface area contributed by atoms with Gasteiger partial charge in [0.1, 0.15) is 0 Å². The zero-order chi connectivity index (χ0) is 14.4. The van der Waals surface area contributed by atoms with E-state index in [1.54, 1.807) is 12.0 Å². The summed E-state index contributed by atoms with van der Waals surface area (Å²) in [6, 6.07) is 0. The molecule has 0 saturated carbocycles. The summed E-state index contributed by atoms with van der Waals surface area (Å²) >= 11 is 6.00. The van der Waals surface area contributed by atoms with E-state index in [1.165, 1.54) is 7.11 Å². The molecule has 0 aromatic carbocycles. The first-order valence-electron chi connectivity index (χ1n) is 5.62. The van der Waals surface area contributed by atoms with E-state index in [9.17, 15) is 4.79 Å². The monoisotopic (exact) mass is 288 g/mol. The molecule has 0 aliphatic rings. The van der Waals surface area contributed by atoms with Gasteiger partial charge in [-0.15, -0.1) is 0 Å². The van der Waals surface area contributed by atoms with Gasteiger partial charge in [0.2, 0.25) is 0 Å². The van der Waals surface area contributed by atoms with E-state index in [1.807, 2.05) is 7.05 Å². The number of methoxy groups -OCH3 is 2. The van der Waals surface area contributed by atoms with Crippen LogP contribution in [0.25, 0.3) is 0 Å². The zero-order valence-electron chi connectivity index (χ0n) is 11.1. The number of hydrogen-bond donors (Lipinski definition) is 1. The van der Waals surface area contributed by atoms with Gasteiger partial charge in [0.25, 0.3) is 0 Å². The van der Waals surface area contributed by atoms with Crippen LogP contribution in [0, 0.1) is 0 Å². The van der Waals surface area contributed by atoms with Crippen LogP contribution < -0.4 is 10.6 Å². The lowest BCUT2D eigenvalue weighted by molar-refractivity contribution is 0.0595. The second-order valence-electron chi connectivity index (χ2n) is 3.83. The number of esters is 1. The van der Waals surface area contributed by atoms with Crippen molar-refractivity contribution in [3.05, 3.63) is 10.8 Å². The number of carbonyl (C=O) groups excluding carboxylic acids is 1. The molecular formula is C11H17ClN4O3. The maximum Gasteiger partial charge on any atom is 0.360 e. The van der Waals surface area contributed by atoms with Crippen LogP contribution in [0.2, 0.25) is 5.15 Å². The van der Waals surface area contributed by atoms with Crippen molar-refractivity contribution < 1.29 is 14.3 Å². The van der Waals surface area contributed by atoms with Gasteiger partial charge in [-0.05, 0) is 6.42 Å². The van der Waals surface area contributed by atoms with Crippen LogP contribution in [-0.4, -0.2) is 50.4 Å². The number of ether oxygens (including phenoxy) is 2. The molecule has 0 bridgehead atoms. The molecular weight excluding hydrogens is 272 g/mol. The Morgan fingerprint density at radius 3 is 2.68 bits per heavy atom. The first kappa shape index (κ1) is 15.5. The van der Waals surface area contributed by atoms with Crippen LogP contribution in [0.4, 0.5) is 11.6 Å². The zero-order valence-corrected chi connectivity index (χ0v) is 11.9. The molecule has 0 amide bonds. The van der Waals surface area contributed by atoms with E-state index in [2.05, 4.69) is 14.7 Å². The van der Waals surface area contributed by atoms with Crippen LogP contribution in [0.3, 0.4) is 0 Å². The Morgan fingerprint density at radius 1 is 1.42 bits per heavy atom. The Bertz CT molecular complexity index is 456. The SMILES string of the molecule is COCCCN(C)c1nc(N)c(C(=O)OC)nc1Cl. The van der Waals surface area contributed by atoms with Crippen molar-refractivity contribution in [3.8, 4) is 0 Å². The van der Waals surface area contributed by atoms with Crippen molar-refractivity contribution in [2.45, 2.75) is 6.42 Å². The highest BCUT2D eigenvalue weighted by atomic mass is 35.5. The van der Waals surface area contributed by atoms with Crippen LogP contribution in [0.15, 0.2) is 0 Å². The second kappa shape index (κ2) is 7.10. The molecule has 1 heterocycles. The van der Waals surface area contributed by atoms with E-state index in [0.717, 1.165) is 6.42 Å². The molecule has 8 heteroatoms. The molecule has 7 nitrogen and oxygen atoms in total. The van der Waals surface area contributed by atoms with Crippen molar-refractivity contribution >= 4 is 29.2 Å². The van der Waals surface area contributed by atoms with Crippen LogP contribution in [0.5, 0.6) is 0 Å². The third-order valence-corrected chi connectivity index (χ3v) is 2.70. The molecule has 0 radical (unpaired) electrons. The molecule has 1 aromatic heterocycles. The first-order valence-corrected chi connectivity index (χ1v) is 6.00. The van der Waals surface area contributed by atoms with Gasteiger partial charge in [-0.3, -0.25) is 0 Å². The maximum absolute atomic E-state index is 11.4. The van der Waals surface area contributed by atoms with Crippen molar-refractivity contribution in [2.24, 2.45) is 0 Å². The lowest BCUT2D eigenvalue weighted by Gasteiger charge is -2.19. The van der Waals surface area contributed by atoms with Crippen molar-refractivity contribution in [1.82, 2.24) is 9.97 Å². The summed E-state index contributed by atoms with van der Waals surface area (Å²) in [6.07, 6.45) is 0.809. The topological polar surface area (TPSA) is 90.6 Å². The predicted octanol–water partition coefficient (Wildman–Crippen LogP) is 0.971. The summed E-state index contributed by atoms with van der Waals surface area (Å²) in [4.78, 5) is 21.2. The largest absolute Gasteiger partial charge is 0.464 e. The van der Waals surface area contributed by atoms with Crippen LogP contribution in [-0.2, 0) is 9.47 Å². The number of halogens is 1. The van der Waals surface area contributed by atoms with Crippen LogP contribution in [0.1, 0.15) is 16.9 Å². The molecule has 106 valence electrons. The molecule has 0 atom stereocenters. The third-order valence-electron chi connectivity index (χ3n) is 2.45. The Balaban J connectivity index is 2.91. The van der Waals surface area contributed by atoms with Gasteiger partial charge >= 0.3 is 5.97 Å². The fraction of sp³-hybridized carbons (Fsp3) is 0.545. The molecule has 0 fully saturated rings. The summed E-state index contributed by atoms with van der Waals surface area (Å²) in [5.74, 6) is -0.256. The van der Waals surface area contributed by atoms with Gasteiger partial charge in [0.05, 0.1) is 7.11 Å². The molecule has 1 aromatic rings. The van der Waals surface area contributed by atoms with E-state index < -0.39 is 5.97 Å². The van der Waals surface area contributed by atoms with Crippen LogP contribution >= 0.6 is 11.6 Å². The highest BCUT2D eigenvalue weighted by Crippen LogP contribution is 2.23. The Kier molecular flexibility index (Phi) is 5.78. The number of carbonyl (C=O) groups is 1. The summed E-state index contributed by atoms with van der Waals surface area (Å²) < 4.78 is 9.51. The van der Waals surface area contributed by atoms with Gasteiger partial charge in [0, 0.05) is 27.3 Å². The highest BCUT2D eigenvalue weighted by Gasteiger charge is 2.19. The molecule has 0 saturated heterocycles. The van der Waals surface area contributed by atoms with E-state index in [4.69, 9.17) is 22.1 Å². The molecule has 2 N–H and O–H groups in total. The summed E-state index contributed by atoms with van der Waals surface area (Å²) in [5, 5.41) is 0.106. The lowest BCUT2D eigenvalue weighted by atomic mass is 10.4. The third kappa shape index (κ3) is 3.93. The fourth-order valence-electron chi connectivity index (χ4n) is 1.46. The minimum atomic E-state index is -0.666. The average Bonchev–Trinajstić information content (AvgIpc) is 2.40. The summed E-state index contributed by atoms with van der Waals surface area (Å²) in [5.41, 5.74) is 5.59. The van der Waals surface area contributed by atoms with E-state index in [0.29, 0.717) is 19.0 Å². The minimum absolute atomic E-state index is 0.00941. The van der Waals surface area contributed by atoms with E-state index >= 15 is 0 Å². The minimum Gasteiger partial charge on any atom is -0.464 e. The number of nitrogens with two attached hydrogens (primary N) is 1. The van der Waals surface area contributed by atoms with Gasteiger partial charge in [-0.1, -0.05) is 11.6 Å². The molecule has 0 aliphatic heterocycles. The number of aromatic nitrogens is 2. The molecule has 0 aliphatic carbocycles. The number of anilines is 2. The normalized spacial score (nSPS) is 10.3. The standard InChI is InChI=1S/C11H17ClN4O3/c1-16(5-4-6-18-2)10-8(12)14-7(9(13)15-10)11(17)19-3/h4-6H2,1-3H3,(H2,13,15). The number of nitrogen functional groups attached to an aromatic ring is 1. The Labute approximate surface area is 116 Å². The van der Waals surface area contributed by atoms with Gasteiger partial charge < -0.3 is 20.1 Å². The van der Waals surface area contributed by atoms with Gasteiger partial charge in [-0.2, -0.15) is 0 Å². The summed E-state index contributed by atoms with van der Waals surface area (Å²) in [7, 11) is 4.68. The number of nitrogens with zero attached hydrogens (tertiary/aromatic N) is 3. The number of hydrogen-bond acceptors (Lipinski definition) is 7. The van der Waals surface area contributed by atoms with Crippen molar-refractivity contribution in [1.29, 1.82) is 0 Å². The Hall–Kier alpha value is -1.60. The van der Waals surface area contributed by atoms with Crippen molar-refractivity contribution in [3.63, 3.8) is 0 Å². The molecule has 0 unspecified atom stereocenters. The highest BCUT2D eigenvalue weighted by molar-refractivity contribution is 6.32. The maximum atomic E-state index is 11.4. The smallest absolute Gasteiger partial charge is 0.360 e. The quantitative estimate of drug-likeness (QED) is 0.616. The molecule has 0 spiro atoms. The lowest BCUT2D eigenvalue weighted by Crippen LogP contribution is -2.23. The average molecular weight is 289 g/mol.